The van der Waals surface area contributed by atoms with Crippen LogP contribution in [0.15, 0.2) is 58.9 Å². The first-order valence-electron chi connectivity index (χ1n) is 9.40. The first-order valence-corrected chi connectivity index (χ1v) is 10.2. The van der Waals surface area contributed by atoms with Gasteiger partial charge in [-0.3, -0.25) is 9.36 Å². The van der Waals surface area contributed by atoms with E-state index in [2.05, 4.69) is 0 Å². The summed E-state index contributed by atoms with van der Waals surface area (Å²) in [4.78, 5) is 26.0. The number of ether oxygens (including phenoxy) is 1. The summed E-state index contributed by atoms with van der Waals surface area (Å²) in [6.45, 7) is 0. The molecule has 8 nitrogen and oxygen atoms in total. The first-order chi connectivity index (χ1) is 15.3. The van der Waals surface area contributed by atoms with Crippen LogP contribution in [0.1, 0.15) is 17.0 Å². The highest BCUT2D eigenvalue weighted by Crippen LogP contribution is 2.37. The fourth-order valence-electron chi connectivity index (χ4n) is 3.58. The van der Waals surface area contributed by atoms with Crippen LogP contribution in [0.4, 0.5) is 0 Å². The molecule has 32 heavy (non-hydrogen) atoms. The molecular weight excluding hydrogens is 430 g/mol. The maximum atomic E-state index is 13.2. The van der Waals surface area contributed by atoms with Gasteiger partial charge in [0.15, 0.2) is 0 Å². The van der Waals surface area contributed by atoms with Crippen LogP contribution in [0.5, 0.6) is 11.5 Å². The Kier molecular flexibility index (Phi) is 5.30. The molecule has 0 amide bonds. The van der Waals surface area contributed by atoms with Crippen LogP contribution in [-0.2, 0) is 9.53 Å². The number of hydrogen-bond donors (Lipinski definition) is 3. The van der Waals surface area contributed by atoms with E-state index in [0.717, 1.165) is 15.9 Å². The smallest absolute Gasteiger partial charge is 0.337 e. The van der Waals surface area contributed by atoms with Crippen molar-refractivity contribution in [3.8, 4) is 17.6 Å². The number of carbonyl (C=O) groups is 1. The van der Waals surface area contributed by atoms with E-state index in [4.69, 9.17) is 10.5 Å². The SMILES string of the molecule is COC(=O)C1=c2sc(=Cc3ccc(O)cc3)c(=O)n2C(N)=C(C#N)[C@@H]1c1ccc(O)cc1. The number of hydrogen-bond acceptors (Lipinski definition) is 8. The number of esters is 1. The summed E-state index contributed by atoms with van der Waals surface area (Å²) in [6.07, 6.45) is 1.61. The third kappa shape index (κ3) is 3.42. The minimum absolute atomic E-state index is 0.0263. The lowest BCUT2D eigenvalue weighted by molar-refractivity contribution is -0.134. The number of phenolic OH excluding ortho intramolecular Hbond substituents is 2. The Morgan fingerprint density at radius 2 is 1.75 bits per heavy atom. The number of nitrogens with zero attached hydrogens (tertiary/aromatic N) is 2. The number of benzene rings is 2. The highest BCUT2D eigenvalue weighted by molar-refractivity contribution is 7.07. The quantitative estimate of drug-likeness (QED) is 0.508. The molecule has 0 aliphatic carbocycles. The Hall–Kier alpha value is -4.29. The summed E-state index contributed by atoms with van der Waals surface area (Å²) in [6, 6.07) is 14.3. The number of nitriles is 1. The zero-order chi connectivity index (χ0) is 23.0. The molecular formula is C23H17N3O5S. The Morgan fingerprint density at radius 3 is 2.31 bits per heavy atom. The molecule has 1 aromatic heterocycles. The molecule has 4 rings (SSSR count). The third-order valence-corrected chi connectivity index (χ3v) is 6.20. The van der Waals surface area contributed by atoms with Crippen LogP contribution in [0.2, 0.25) is 0 Å². The molecule has 1 aliphatic rings. The number of allylic oxidation sites excluding steroid dienone is 1. The van der Waals surface area contributed by atoms with Crippen molar-refractivity contribution in [2.75, 3.05) is 7.11 Å². The summed E-state index contributed by atoms with van der Waals surface area (Å²) in [5.74, 6) is -1.52. The van der Waals surface area contributed by atoms with Gasteiger partial charge in [0.2, 0.25) is 0 Å². The molecule has 0 bridgehead atoms. The van der Waals surface area contributed by atoms with Crippen molar-refractivity contribution in [1.82, 2.24) is 4.57 Å². The van der Waals surface area contributed by atoms with E-state index in [1.807, 2.05) is 6.07 Å². The summed E-state index contributed by atoms with van der Waals surface area (Å²) < 4.78 is 6.69. The molecule has 4 N–H and O–H groups in total. The maximum Gasteiger partial charge on any atom is 0.337 e. The van der Waals surface area contributed by atoms with Crippen molar-refractivity contribution in [2.24, 2.45) is 5.73 Å². The molecule has 0 saturated carbocycles. The fraction of sp³-hybridized carbons (Fsp3) is 0.0870. The van der Waals surface area contributed by atoms with E-state index in [9.17, 15) is 25.1 Å². The molecule has 0 unspecified atom stereocenters. The highest BCUT2D eigenvalue weighted by Gasteiger charge is 2.36. The van der Waals surface area contributed by atoms with Gasteiger partial charge in [-0.15, -0.1) is 11.3 Å². The van der Waals surface area contributed by atoms with Gasteiger partial charge < -0.3 is 20.7 Å². The Labute approximate surface area is 185 Å². The molecule has 0 radical (unpaired) electrons. The van der Waals surface area contributed by atoms with Gasteiger partial charge in [-0.1, -0.05) is 24.3 Å². The van der Waals surface area contributed by atoms with Crippen molar-refractivity contribution >= 4 is 34.8 Å². The number of thiazole rings is 1. The van der Waals surface area contributed by atoms with Gasteiger partial charge in [0.25, 0.3) is 5.56 Å². The first kappa shape index (κ1) is 21.0. The number of rotatable bonds is 3. The van der Waals surface area contributed by atoms with Crippen molar-refractivity contribution in [3.05, 3.63) is 84.8 Å². The summed E-state index contributed by atoms with van der Waals surface area (Å²) >= 11 is 1.05. The monoisotopic (exact) mass is 447 g/mol. The molecule has 1 aliphatic heterocycles. The highest BCUT2D eigenvalue weighted by atomic mass is 32.1. The van der Waals surface area contributed by atoms with Crippen LogP contribution < -0.4 is 20.5 Å². The van der Waals surface area contributed by atoms with E-state index in [-0.39, 0.29) is 33.1 Å². The van der Waals surface area contributed by atoms with Crippen LogP contribution >= 0.6 is 11.3 Å². The maximum absolute atomic E-state index is 13.2. The number of phenols is 2. The topological polar surface area (TPSA) is 139 Å². The molecule has 9 heteroatoms. The minimum atomic E-state index is -0.868. The van der Waals surface area contributed by atoms with Gasteiger partial charge in [-0.2, -0.15) is 5.26 Å². The van der Waals surface area contributed by atoms with Gasteiger partial charge in [0.1, 0.15) is 22.0 Å². The van der Waals surface area contributed by atoms with Gasteiger partial charge >= 0.3 is 5.97 Å². The molecule has 2 aromatic carbocycles. The van der Waals surface area contributed by atoms with Crippen molar-refractivity contribution in [3.63, 3.8) is 0 Å². The molecule has 0 spiro atoms. The predicted octanol–water partition coefficient (Wildman–Crippen LogP) is 0.922. The Balaban J connectivity index is 2.08. The van der Waals surface area contributed by atoms with Crippen LogP contribution in [0, 0.1) is 11.3 Å². The normalized spacial score (nSPS) is 15.9. The molecule has 0 fully saturated rings. The van der Waals surface area contributed by atoms with E-state index in [0.29, 0.717) is 15.7 Å². The second kappa shape index (κ2) is 8.09. The van der Waals surface area contributed by atoms with Crippen LogP contribution in [0.25, 0.3) is 17.5 Å². The van der Waals surface area contributed by atoms with Crippen LogP contribution in [-0.4, -0.2) is 27.9 Å². The average Bonchev–Trinajstić information content (AvgIpc) is 3.11. The van der Waals surface area contributed by atoms with Gasteiger partial charge in [-0.05, 0) is 41.5 Å². The lowest BCUT2D eigenvalue weighted by atomic mass is 9.84. The number of nitrogens with two attached hydrogens (primary N) is 1. The minimum Gasteiger partial charge on any atom is -0.508 e. The molecule has 0 saturated heterocycles. The zero-order valence-corrected chi connectivity index (χ0v) is 17.6. The summed E-state index contributed by atoms with van der Waals surface area (Å²) in [5, 5.41) is 29.0. The van der Waals surface area contributed by atoms with Crippen LogP contribution in [0.3, 0.4) is 0 Å². The Bertz CT molecular complexity index is 1470. The second-order valence-corrected chi connectivity index (χ2v) is 8.02. The van der Waals surface area contributed by atoms with E-state index >= 15 is 0 Å². The second-order valence-electron chi connectivity index (χ2n) is 6.99. The van der Waals surface area contributed by atoms with E-state index < -0.39 is 17.4 Å². The lowest BCUT2D eigenvalue weighted by Crippen LogP contribution is -2.40. The number of aromatic nitrogens is 1. The zero-order valence-electron chi connectivity index (χ0n) is 16.8. The fourth-order valence-corrected chi connectivity index (χ4v) is 4.74. The summed E-state index contributed by atoms with van der Waals surface area (Å²) in [7, 11) is 1.22. The lowest BCUT2D eigenvalue weighted by Gasteiger charge is -2.24. The van der Waals surface area contributed by atoms with E-state index in [1.165, 1.54) is 31.4 Å². The van der Waals surface area contributed by atoms with Crippen molar-refractivity contribution < 1.29 is 19.7 Å². The number of fused-ring (bicyclic) bond motifs is 1. The van der Waals surface area contributed by atoms with Crippen molar-refractivity contribution in [2.45, 2.75) is 5.92 Å². The Morgan fingerprint density at radius 1 is 1.16 bits per heavy atom. The molecule has 2 heterocycles. The largest absolute Gasteiger partial charge is 0.508 e. The third-order valence-electron chi connectivity index (χ3n) is 5.09. The van der Waals surface area contributed by atoms with E-state index in [1.54, 1.807) is 30.3 Å². The van der Waals surface area contributed by atoms with Gasteiger partial charge in [0, 0.05) is 0 Å². The number of methoxy groups -OCH3 is 1. The number of aromatic hydroxyl groups is 2. The van der Waals surface area contributed by atoms with Gasteiger partial charge in [0.05, 0.1) is 34.8 Å². The number of carbonyl (C=O) groups excluding carboxylic acids is 1. The van der Waals surface area contributed by atoms with Gasteiger partial charge in [-0.25, -0.2) is 4.79 Å². The summed E-state index contributed by atoms with van der Waals surface area (Å²) in [5.41, 5.74) is 7.12. The standard InChI is InChI=1S/C23H17N3O5S/c1-31-23(30)19-18(13-4-8-15(28)9-5-13)16(11-24)20(25)26-21(29)17(32-22(19)26)10-12-2-6-14(27)7-3-12/h2-10,18,27-28H,25H2,1H3/t18-/m0/s1. The predicted molar refractivity (Wildman–Crippen MR) is 119 cm³/mol. The van der Waals surface area contributed by atoms with Crippen molar-refractivity contribution in [1.29, 1.82) is 5.26 Å². The molecule has 3 aromatic rings. The molecule has 1 atom stereocenters. The average molecular weight is 447 g/mol. The molecule has 160 valence electrons.